The molecule has 1 amide bonds. The molecule has 2 aromatic rings. The van der Waals surface area contributed by atoms with Gasteiger partial charge < -0.3 is 4.90 Å². The van der Waals surface area contributed by atoms with Crippen LogP contribution >= 0.6 is 12.6 Å². The first-order chi connectivity index (χ1) is 9.47. The highest BCUT2D eigenvalue weighted by molar-refractivity contribution is 7.80. The summed E-state index contributed by atoms with van der Waals surface area (Å²) in [5, 5.41) is 0. The zero-order chi connectivity index (χ0) is 14.7. The minimum atomic E-state index is -0.584. The minimum absolute atomic E-state index is 0.0258. The number of halogens is 2. The molecule has 0 N–H and O–H groups in total. The summed E-state index contributed by atoms with van der Waals surface area (Å²) in [7, 11) is 1.57. The van der Waals surface area contributed by atoms with E-state index < -0.39 is 11.7 Å². The average molecular weight is 293 g/mol. The van der Waals surface area contributed by atoms with E-state index in [1.807, 2.05) is 0 Å². The Morgan fingerprint density at radius 3 is 2.45 bits per heavy atom. The smallest absolute Gasteiger partial charge is 0.256 e. The zero-order valence-electron chi connectivity index (χ0n) is 10.8. The molecule has 0 bridgehead atoms. The molecule has 0 heterocycles. The molecular weight excluding hydrogens is 280 g/mol. The summed E-state index contributed by atoms with van der Waals surface area (Å²) >= 11 is 4.10. The van der Waals surface area contributed by atoms with Crippen LogP contribution in [0.1, 0.15) is 15.9 Å². The van der Waals surface area contributed by atoms with Crippen molar-refractivity contribution in [1.82, 2.24) is 4.90 Å². The number of carbonyl (C=O) groups is 1. The number of nitrogens with zero attached hydrogens (tertiary/aromatic N) is 1. The van der Waals surface area contributed by atoms with E-state index in [9.17, 15) is 13.6 Å². The van der Waals surface area contributed by atoms with Crippen molar-refractivity contribution in [3.8, 4) is 0 Å². The third kappa shape index (κ3) is 3.36. The number of thiol groups is 1. The second-order valence-corrected chi connectivity index (χ2v) is 4.97. The van der Waals surface area contributed by atoms with Crippen molar-refractivity contribution in [2.45, 2.75) is 11.4 Å². The zero-order valence-corrected chi connectivity index (χ0v) is 11.7. The van der Waals surface area contributed by atoms with Gasteiger partial charge in [0.25, 0.3) is 5.91 Å². The SMILES string of the molecule is CN(Cc1ccc(F)cc1)C(=O)c1cc(S)ccc1F. The second kappa shape index (κ2) is 6.05. The predicted molar refractivity (Wildman–Crippen MR) is 75.8 cm³/mol. The molecule has 0 radical (unpaired) electrons. The number of rotatable bonds is 3. The van der Waals surface area contributed by atoms with Gasteiger partial charge in [-0.15, -0.1) is 12.6 Å². The van der Waals surface area contributed by atoms with Crippen molar-refractivity contribution < 1.29 is 13.6 Å². The fourth-order valence-corrected chi connectivity index (χ4v) is 2.02. The maximum atomic E-state index is 13.6. The van der Waals surface area contributed by atoms with Gasteiger partial charge in [0, 0.05) is 18.5 Å². The average Bonchev–Trinajstić information content (AvgIpc) is 2.43. The van der Waals surface area contributed by atoms with Crippen molar-refractivity contribution in [1.29, 1.82) is 0 Å². The van der Waals surface area contributed by atoms with Gasteiger partial charge in [0.1, 0.15) is 11.6 Å². The lowest BCUT2D eigenvalue weighted by molar-refractivity contribution is 0.0780. The molecule has 5 heteroatoms. The molecule has 0 aliphatic rings. The van der Waals surface area contributed by atoms with Crippen molar-refractivity contribution >= 4 is 18.5 Å². The molecule has 0 atom stereocenters. The Hall–Kier alpha value is -1.88. The van der Waals surface area contributed by atoms with Crippen molar-refractivity contribution in [3.63, 3.8) is 0 Å². The molecular formula is C15H13F2NOS. The fourth-order valence-electron chi connectivity index (χ4n) is 1.82. The number of hydrogen-bond acceptors (Lipinski definition) is 2. The Kier molecular flexibility index (Phi) is 4.39. The van der Waals surface area contributed by atoms with Crippen LogP contribution in [0.3, 0.4) is 0 Å². The molecule has 0 aliphatic carbocycles. The largest absolute Gasteiger partial charge is 0.337 e. The lowest BCUT2D eigenvalue weighted by Gasteiger charge is -2.18. The molecule has 0 saturated heterocycles. The topological polar surface area (TPSA) is 20.3 Å². The summed E-state index contributed by atoms with van der Waals surface area (Å²) in [6.45, 7) is 0.273. The van der Waals surface area contributed by atoms with Crippen molar-refractivity contribution in [2.24, 2.45) is 0 Å². The summed E-state index contributed by atoms with van der Waals surface area (Å²) in [5.74, 6) is -1.36. The highest BCUT2D eigenvalue weighted by Gasteiger charge is 2.16. The van der Waals surface area contributed by atoms with Gasteiger partial charge in [0.2, 0.25) is 0 Å². The minimum Gasteiger partial charge on any atom is -0.337 e. The van der Waals surface area contributed by atoms with Gasteiger partial charge in [-0.1, -0.05) is 12.1 Å². The Labute approximate surface area is 121 Å². The molecule has 0 fully saturated rings. The van der Waals surface area contributed by atoms with Gasteiger partial charge in [0.05, 0.1) is 5.56 Å². The van der Waals surface area contributed by atoms with E-state index in [1.54, 1.807) is 19.2 Å². The van der Waals surface area contributed by atoms with Gasteiger partial charge in [0.15, 0.2) is 0 Å². The fraction of sp³-hybridized carbons (Fsp3) is 0.133. The van der Waals surface area contributed by atoms with E-state index in [1.165, 1.54) is 35.2 Å². The first kappa shape index (κ1) is 14.5. The summed E-state index contributed by atoms with van der Waals surface area (Å²) in [5.41, 5.74) is 0.742. The third-order valence-electron chi connectivity index (χ3n) is 2.86. The molecule has 2 rings (SSSR count). The Bertz CT molecular complexity index is 628. The molecule has 0 spiro atoms. The molecule has 20 heavy (non-hydrogen) atoms. The van der Waals surface area contributed by atoms with E-state index in [-0.39, 0.29) is 17.9 Å². The number of amides is 1. The number of carbonyl (C=O) groups excluding carboxylic acids is 1. The third-order valence-corrected chi connectivity index (χ3v) is 3.14. The number of benzene rings is 2. The number of hydrogen-bond donors (Lipinski definition) is 1. The molecule has 0 unspecified atom stereocenters. The van der Waals surface area contributed by atoms with Crippen molar-refractivity contribution in [2.75, 3.05) is 7.05 Å². The molecule has 2 aromatic carbocycles. The maximum absolute atomic E-state index is 13.6. The Morgan fingerprint density at radius 1 is 1.15 bits per heavy atom. The van der Waals surface area contributed by atoms with Gasteiger partial charge >= 0.3 is 0 Å². The van der Waals surface area contributed by atoms with Crippen LogP contribution in [0.15, 0.2) is 47.4 Å². The van der Waals surface area contributed by atoms with Crippen LogP contribution in [0.2, 0.25) is 0 Å². The quantitative estimate of drug-likeness (QED) is 0.858. The predicted octanol–water partition coefficient (Wildman–Crippen LogP) is 3.53. The molecule has 0 aliphatic heterocycles. The van der Waals surface area contributed by atoms with Crippen LogP contribution in [0, 0.1) is 11.6 Å². The summed E-state index contributed by atoms with van der Waals surface area (Å²) in [6, 6.07) is 9.90. The second-order valence-electron chi connectivity index (χ2n) is 4.45. The van der Waals surface area contributed by atoms with Crippen LogP contribution in [0.25, 0.3) is 0 Å². The normalized spacial score (nSPS) is 10.4. The molecule has 0 saturated carbocycles. The van der Waals surface area contributed by atoms with E-state index >= 15 is 0 Å². The highest BCUT2D eigenvalue weighted by Crippen LogP contribution is 2.16. The van der Waals surface area contributed by atoms with E-state index in [2.05, 4.69) is 12.6 Å². The van der Waals surface area contributed by atoms with Gasteiger partial charge in [-0.05, 0) is 35.9 Å². The van der Waals surface area contributed by atoms with E-state index in [0.717, 1.165) is 5.56 Å². The Morgan fingerprint density at radius 2 is 1.80 bits per heavy atom. The standard InChI is InChI=1S/C15H13F2NOS/c1-18(9-10-2-4-11(16)5-3-10)15(19)13-8-12(20)6-7-14(13)17/h2-8,20H,9H2,1H3. The summed E-state index contributed by atoms with van der Waals surface area (Å²) in [4.78, 5) is 14.1. The van der Waals surface area contributed by atoms with Crippen LogP contribution in [0.5, 0.6) is 0 Å². The van der Waals surface area contributed by atoms with Crippen LogP contribution in [-0.2, 0) is 6.54 Å². The van der Waals surface area contributed by atoms with Gasteiger partial charge in [-0.2, -0.15) is 0 Å². The first-order valence-corrected chi connectivity index (χ1v) is 6.40. The van der Waals surface area contributed by atoms with E-state index in [4.69, 9.17) is 0 Å². The van der Waals surface area contributed by atoms with Crippen LogP contribution in [-0.4, -0.2) is 17.9 Å². The van der Waals surface area contributed by atoms with Crippen molar-refractivity contribution in [3.05, 3.63) is 65.2 Å². The summed E-state index contributed by atoms with van der Waals surface area (Å²) < 4.78 is 26.4. The molecule has 0 aromatic heterocycles. The van der Waals surface area contributed by atoms with Gasteiger partial charge in [-0.3, -0.25) is 4.79 Å². The lowest BCUT2D eigenvalue weighted by atomic mass is 10.1. The van der Waals surface area contributed by atoms with Crippen LogP contribution < -0.4 is 0 Å². The Balaban J connectivity index is 2.16. The summed E-state index contributed by atoms with van der Waals surface area (Å²) in [6.07, 6.45) is 0. The maximum Gasteiger partial charge on any atom is 0.256 e. The lowest BCUT2D eigenvalue weighted by Crippen LogP contribution is -2.27. The molecule has 2 nitrogen and oxygen atoms in total. The van der Waals surface area contributed by atoms with Crippen LogP contribution in [0.4, 0.5) is 8.78 Å². The highest BCUT2D eigenvalue weighted by atomic mass is 32.1. The van der Waals surface area contributed by atoms with Gasteiger partial charge in [-0.25, -0.2) is 8.78 Å². The molecule has 104 valence electrons. The van der Waals surface area contributed by atoms with E-state index in [0.29, 0.717) is 4.90 Å². The first-order valence-electron chi connectivity index (χ1n) is 5.96. The monoisotopic (exact) mass is 293 g/mol.